The van der Waals surface area contributed by atoms with Crippen LogP contribution in [0.15, 0.2) is 35.7 Å². The normalized spacial score (nSPS) is 12.1. The monoisotopic (exact) mass is 319 g/mol. The summed E-state index contributed by atoms with van der Waals surface area (Å²) in [5.74, 6) is 1.98. The zero-order chi connectivity index (χ0) is 15.8. The first-order chi connectivity index (χ1) is 10.8. The van der Waals surface area contributed by atoms with E-state index in [0.717, 1.165) is 37.4 Å². The van der Waals surface area contributed by atoms with Crippen LogP contribution in [0.25, 0.3) is 0 Å². The van der Waals surface area contributed by atoms with E-state index >= 15 is 0 Å². The average Bonchev–Trinajstić information content (AvgIpc) is 3.07. The Labute approximate surface area is 137 Å². The largest absolute Gasteiger partial charge is 0.493 e. The molecule has 2 N–H and O–H groups in total. The SMILES string of the molecule is CCCCOc1cc(CC(CN)c2cccs2)ccc1OC. The molecule has 1 unspecified atom stereocenters. The standard InChI is InChI=1S/C18H25NO2S/c1-3-4-9-21-17-12-14(7-8-16(17)20-2)11-15(13-19)18-6-5-10-22-18/h5-8,10,12,15H,3-4,9,11,13,19H2,1-2H3. The van der Waals surface area contributed by atoms with Crippen molar-refractivity contribution in [1.29, 1.82) is 0 Å². The van der Waals surface area contributed by atoms with Crippen molar-refractivity contribution in [2.75, 3.05) is 20.3 Å². The van der Waals surface area contributed by atoms with Crippen LogP contribution >= 0.6 is 11.3 Å². The predicted octanol–water partition coefficient (Wildman–Crippen LogP) is 4.22. The van der Waals surface area contributed by atoms with E-state index in [1.54, 1.807) is 18.4 Å². The molecule has 1 heterocycles. The van der Waals surface area contributed by atoms with Gasteiger partial charge in [0.25, 0.3) is 0 Å². The highest BCUT2D eigenvalue weighted by molar-refractivity contribution is 7.10. The van der Waals surface area contributed by atoms with Crippen LogP contribution in [0.3, 0.4) is 0 Å². The Hall–Kier alpha value is -1.52. The summed E-state index contributed by atoms with van der Waals surface area (Å²) in [7, 11) is 1.68. The molecule has 3 nitrogen and oxygen atoms in total. The zero-order valence-corrected chi connectivity index (χ0v) is 14.2. The van der Waals surface area contributed by atoms with Crippen LogP contribution in [0.5, 0.6) is 11.5 Å². The fourth-order valence-corrected chi connectivity index (χ4v) is 3.24. The van der Waals surface area contributed by atoms with Crippen molar-refractivity contribution in [1.82, 2.24) is 0 Å². The molecule has 0 bridgehead atoms. The van der Waals surface area contributed by atoms with Crippen molar-refractivity contribution in [2.45, 2.75) is 32.1 Å². The second-order valence-corrected chi connectivity index (χ2v) is 6.32. The van der Waals surface area contributed by atoms with Gasteiger partial charge in [-0.25, -0.2) is 0 Å². The zero-order valence-electron chi connectivity index (χ0n) is 13.4. The maximum atomic E-state index is 5.95. The molecule has 0 aliphatic carbocycles. The first-order valence-electron chi connectivity index (χ1n) is 7.81. The number of rotatable bonds is 9. The molecular weight excluding hydrogens is 294 g/mol. The van der Waals surface area contributed by atoms with Crippen molar-refractivity contribution in [3.05, 3.63) is 46.2 Å². The van der Waals surface area contributed by atoms with E-state index in [1.165, 1.54) is 10.4 Å². The van der Waals surface area contributed by atoms with E-state index < -0.39 is 0 Å². The number of nitrogens with two attached hydrogens (primary N) is 1. The van der Waals surface area contributed by atoms with Gasteiger partial charge in [0.05, 0.1) is 13.7 Å². The minimum absolute atomic E-state index is 0.358. The summed E-state index contributed by atoms with van der Waals surface area (Å²) in [6.45, 7) is 3.53. The van der Waals surface area contributed by atoms with Crippen LogP contribution in [-0.4, -0.2) is 20.3 Å². The average molecular weight is 319 g/mol. The van der Waals surface area contributed by atoms with Crippen molar-refractivity contribution < 1.29 is 9.47 Å². The Kier molecular flexibility index (Phi) is 6.74. The molecule has 0 fully saturated rings. The Morgan fingerprint density at radius 3 is 2.73 bits per heavy atom. The fourth-order valence-electron chi connectivity index (χ4n) is 2.40. The topological polar surface area (TPSA) is 44.5 Å². The van der Waals surface area contributed by atoms with Gasteiger partial charge in [-0.3, -0.25) is 0 Å². The van der Waals surface area contributed by atoms with Gasteiger partial charge in [0.15, 0.2) is 11.5 Å². The van der Waals surface area contributed by atoms with Crippen molar-refractivity contribution in [3.63, 3.8) is 0 Å². The van der Waals surface area contributed by atoms with Crippen molar-refractivity contribution in [3.8, 4) is 11.5 Å². The van der Waals surface area contributed by atoms with Crippen LogP contribution in [0.4, 0.5) is 0 Å². The summed E-state index contributed by atoms with van der Waals surface area (Å²) >= 11 is 1.77. The lowest BCUT2D eigenvalue weighted by molar-refractivity contribution is 0.288. The minimum Gasteiger partial charge on any atom is -0.493 e. The van der Waals surface area contributed by atoms with Gasteiger partial charge in [-0.1, -0.05) is 25.5 Å². The van der Waals surface area contributed by atoms with E-state index in [9.17, 15) is 0 Å². The van der Waals surface area contributed by atoms with Gasteiger partial charge in [-0.15, -0.1) is 11.3 Å². The Morgan fingerprint density at radius 2 is 2.09 bits per heavy atom. The molecule has 0 amide bonds. The maximum Gasteiger partial charge on any atom is 0.161 e. The highest BCUT2D eigenvalue weighted by Crippen LogP contribution is 2.31. The van der Waals surface area contributed by atoms with Crippen molar-refractivity contribution >= 4 is 11.3 Å². The second-order valence-electron chi connectivity index (χ2n) is 5.34. The molecule has 0 aliphatic rings. The third-order valence-electron chi connectivity index (χ3n) is 3.70. The Bertz CT molecular complexity index is 554. The highest BCUT2D eigenvalue weighted by Gasteiger charge is 2.13. The number of benzene rings is 1. The highest BCUT2D eigenvalue weighted by atomic mass is 32.1. The summed E-state index contributed by atoms with van der Waals surface area (Å²) < 4.78 is 11.2. The number of hydrogen-bond donors (Lipinski definition) is 1. The van der Waals surface area contributed by atoms with Gasteiger partial charge in [0, 0.05) is 17.3 Å². The van der Waals surface area contributed by atoms with Gasteiger partial charge >= 0.3 is 0 Å². The van der Waals surface area contributed by atoms with Gasteiger partial charge in [0.2, 0.25) is 0 Å². The fraction of sp³-hybridized carbons (Fsp3) is 0.444. The number of unbranched alkanes of at least 4 members (excludes halogenated alkanes) is 1. The van der Waals surface area contributed by atoms with E-state index in [0.29, 0.717) is 12.5 Å². The summed E-state index contributed by atoms with van der Waals surface area (Å²) in [5, 5.41) is 2.10. The number of ether oxygens (including phenoxy) is 2. The summed E-state index contributed by atoms with van der Waals surface area (Å²) in [4.78, 5) is 1.34. The van der Waals surface area contributed by atoms with E-state index in [-0.39, 0.29) is 0 Å². The molecule has 2 rings (SSSR count). The number of hydrogen-bond acceptors (Lipinski definition) is 4. The molecule has 0 spiro atoms. The van der Waals surface area contributed by atoms with E-state index in [4.69, 9.17) is 15.2 Å². The number of methoxy groups -OCH3 is 1. The molecule has 1 atom stereocenters. The molecule has 1 aromatic carbocycles. The van der Waals surface area contributed by atoms with E-state index in [1.807, 2.05) is 6.07 Å². The van der Waals surface area contributed by atoms with Crippen LogP contribution in [0, 0.1) is 0 Å². The van der Waals surface area contributed by atoms with Crippen LogP contribution < -0.4 is 15.2 Å². The molecule has 4 heteroatoms. The summed E-state index contributed by atoms with van der Waals surface area (Å²) in [5.41, 5.74) is 7.19. The molecular formula is C18H25NO2S. The summed E-state index contributed by atoms with van der Waals surface area (Å²) in [6, 6.07) is 10.4. The van der Waals surface area contributed by atoms with Gasteiger partial charge in [-0.05, 0) is 42.0 Å². The smallest absolute Gasteiger partial charge is 0.161 e. The lowest BCUT2D eigenvalue weighted by Gasteiger charge is -2.16. The summed E-state index contributed by atoms with van der Waals surface area (Å²) in [6.07, 6.45) is 3.09. The molecule has 120 valence electrons. The van der Waals surface area contributed by atoms with E-state index in [2.05, 4.69) is 36.6 Å². The quantitative estimate of drug-likeness (QED) is 0.704. The van der Waals surface area contributed by atoms with Gasteiger partial charge in [0.1, 0.15) is 0 Å². The lowest BCUT2D eigenvalue weighted by Crippen LogP contribution is -2.14. The van der Waals surface area contributed by atoms with Crippen LogP contribution in [-0.2, 0) is 6.42 Å². The second kappa shape index (κ2) is 8.81. The maximum absolute atomic E-state index is 5.95. The van der Waals surface area contributed by atoms with Crippen molar-refractivity contribution in [2.24, 2.45) is 5.73 Å². The number of thiophene rings is 1. The molecule has 22 heavy (non-hydrogen) atoms. The molecule has 0 saturated carbocycles. The Morgan fingerprint density at radius 1 is 1.23 bits per heavy atom. The molecule has 2 aromatic rings. The first kappa shape index (κ1) is 16.8. The van der Waals surface area contributed by atoms with Crippen LogP contribution in [0.2, 0.25) is 0 Å². The van der Waals surface area contributed by atoms with Gasteiger partial charge in [-0.2, -0.15) is 0 Å². The minimum atomic E-state index is 0.358. The third kappa shape index (κ3) is 4.49. The Balaban J connectivity index is 2.11. The van der Waals surface area contributed by atoms with Gasteiger partial charge < -0.3 is 15.2 Å². The first-order valence-corrected chi connectivity index (χ1v) is 8.69. The molecule has 0 aliphatic heterocycles. The predicted molar refractivity (Wildman–Crippen MR) is 93.2 cm³/mol. The third-order valence-corrected chi connectivity index (χ3v) is 4.73. The van der Waals surface area contributed by atoms with Crippen LogP contribution in [0.1, 0.15) is 36.1 Å². The molecule has 1 aromatic heterocycles. The lowest BCUT2D eigenvalue weighted by atomic mass is 9.97. The molecule has 0 saturated heterocycles. The molecule has 0 radical (unpaired) electrons.